The number of hydrogen-bond donors (Lipinski definition) is 1. The molecular formula is C14H19ClN2O4. The summed E-state index contributed by atoms with van der Waals surface area (Å²) in [6.07, 6.45) is 2.07. The predicted molar refractivity (Wildman–Crippen MR) is 76.1 cm³/mol. The van der Waals surface area contributed by atoms with E-state index < -0.39 is 11.9 Å². The standard InChI is InChI=1S/C14H19ClN2O4/c1-8-10(13(15)21-16-8)5-6-12(18)17-7-3-4-11(9(17)2)14(19)20/h9,11H,3-7H2,1-2H3,(H,19,20)/t9-,11-/m1/s1. The third-order valence-electron chi connectivity index (χ3n) is 4.15. The first kappa shape index (κ1) is 15.8. The van der Waals surface area contributed by atoms with E-state index in [4.69, 9.17) is 16.1 Å². The molecule has 1 amide bonds. The molecule has 0 aromatic carbocycles. The maximum atomic E-state index is 12.3. The first-order valence-corrected chi connectivity index (χ1v) is 7.42. The summed E-state index contributed by atoms with van der Waals surface area (Å²) in [5, 5.41) is 13.2. The normalized spacial score (nSPS) is 22.3. The summed E-state index contributed by atoms with van der Waals surface area (Å²) >= 11 is 5.88. The average Bonchev–Trinajstić information content (AvgIpc) is 2.75. The van der Waals surface area contributed by atoms with E-state index in [0.717, 1.165) is 12.0 Å². The van der Waals surface area contributed by atoms with Gasteiger partial charge in [-0.25, -0.2) is 0 Å². The van der Waals surface area contributed by atoms with Crippen LogP contribution in [0.5, 0.6) is 0 Å². The lowest BCUT2D eigenvalue weighted by molar-refractivity contribution is -0.149. The summed E-state index contributed by atoms with van der Waals surface area (Å²) in [5.74, 6) is -1.37. The van der Waals surface area contributed by atoms with Gasteiger partial charge in [0.15, 0.2) is 0 Å². The van der Waals surface area contributed by atoms with Crippen molar-refractivity contribution < 1.29 is 19.2 Å². The monoisotopic (exact) mass is 314 g/mol. The largest absolute Gasteiger partial charge is 0.481 e. The van der Waals surface area contributed by atoms with Crippen molar-refractivity contribution in [3.63, 3.8) is 0 Å². The summed E-state index contributed by atoms with van der Waals surface area (Å²) in [4.78, 5) is 25.2. The lowest BCUT2D eigenvalue weighted by Crippen LogP contribution is -2.49. The number of hydrogen-bond acceptors (Lipinski definition) is 4. The van der Waals surface area contributed by atoms with E-state index in [0.29, 0.717) is 25.1 Å². The zero-order valence-corrected chi connectivity index (χ0v) is 12.9. The van der Waals surface area contributed by atoms with Crippen molar-refractivity contribution in [1.29, 1.82) is 0 Å². The molecule has 0 spiro atoms. The number of likely N-dealkylation sites (tertiary alicyclic amines) is 1. The smallest absolute Gasteiger partial charge is 0.308 e. The van der Waals surface area contributed by atoms with E-state index in [1.54, 1.807) is 18.7 Å². The molecule has 7 heteroatoms. The van der Waals surface area contributed by atoms with Gasteiger partial charge in [0.1, 0.15) is 0 Å². The summed E-state index contributed by atoms with van der Waals surface area (Å²) in [7, 11) is 0. The van der Waals surface area contributed by atoms with Crippen LogP contribution >= 0.6 is 11.6 Å². The Bertz CT molecular complexity index is 524. The zero-order chi connectivity index (χ0) is 15.6. The first-order valence-electron chi connectivity index (χ1n) is 7.04. The number of aromatic nitrogens is 1. The van der Waals surface area contributed by atoms with Crippen molar-refractivity contribution in [2.24, 2.45) is 5.92 Å². The second-order valence-electron chi connectivity index (χ2n) is 5.43. The van der Waals surface area contributed by atoms with Crippen LogP contribution in [0.25, 0.3) is 0 Å². The zero-order valence-electron chi connectivity index (χ0n) is 12.1. The van der Waals surface area contributed by atoms with Gasteiger partial charge in [-0.3, -0.25) is 9.59 Å². The highest BCUT2D eigenvalue weighted by Gasteiger charge is 2.35. The van der Waals surface area contributed by atoms with Gasteiger partial charge >= 0.3 is 5.97 Å². The molecule has 0 radical (unpaired) electrons. The summed E-state index contributed by atoms with van der Waals surface area (Å²) < 4.78 is 4.86. The molecule has 0 unspecified atom stereocenters. The molecule has 2 rings (SSSR count). The number of nitrogens with zero attached hydrogens (tertiary/aromatic N) is 2. The molecule has 1 saturated heterocycles. The van der Waals surface area contributed by atoms with E-state index in [1.807, 2.05) is 0 Å². The Morgan fingerprint density at radius 3 is 2.81 bits per heavy atom. The Labute approximate surface area is 128 Å². The maximum Gasteiger partial charge on any atom is 0.308 e. The van der Waals surface area contributed by atoms with Crippen molar-refractivity contribution in [2.75, 3.05) is 6.54 Å². The number of carboxylic acid groups (broad SMARTS) is 1. The third kappa shape index (κ3) is 3.37. The summed E-state index contributed by atoms with van der Waals surface area (Å²) in [5.41, 5.74) is 1.42. The molecule has 1 N–H and O–H groups in total. The van der Waals surface area contributed by atoms with Gasteiger partial charge in [0.25, 0.3) is 0 Å². The second-order valence-corrected chi connectivity index (χ2v) is 5.78. The lowest BCUT2D eigenvalue weighted by Gasteiger charge is -2.37. The van der Waals surface area contributed by atoms with Crippen molar-refractivity contribution >= 4 is 23.5 Å². The van der Waals surface area contributed by atoms with Crippen LogP contribution in [0.15, 0.2) is 4.52 Å². The van der Waals surface area contributed by atoms with Gasteiger partial charge in [0.05, 0.1) is 11.6 Å². The molecule has 0 aliphatic carbocycles. The number of aryl methyl sites for hydroxylation is 1. The third-order valence-corrected chi connectivity index (χ3v) is 4.45. The fraction of sp³-hybridized carbons (Fsp3) is 0.643. The number of aliphatic carboxylic acids is 1. The molecular weight excluding hydrogens is 296 g/mol. The van der Waals surface area contributed by atoms with Gasteiger partial charge in [-0.05, 0) is 44.7 Å². The number of carboxylic acids is 1. The molecule has 0 bridgehead atoms. The number of carbonyl (C=O) groups excluding carboxylic acids is 1. The van der Waals surface area contributed by atoms with Crippen molar-refractivity contribution in [3.8, 4) is 0 Å². The first-order chi connectivity index (χ1) is 9.91. The highest BCUT2D eigenvalue weighted by molar-refractivity contribution is 6.29. The van der Waals surface area contributed by atoms with Crippen LogP contribution in [0.1, 0.15) is 37.4 Å². The number of carbonyl (C=O) groups is 2. The molecule has 1 aliphatic heterocycles. The molecule has 0 saturated carbocycles. The summed E-state index contributed by atoms with van der Waals surface area (Å²) in [6.45, 7) is 4.19. The van der Waals surface area contributed by atoms with Gasteiger partial charge < -0.3 is 14.5 Å². The molecule has 1 aromatic heterocycles. The number of halogens is 1. The minimum atomic E-state index is -0.835. The molecule has 116 valence electrons. The van der Waals surface area contributed by atoms with Crippen molar-refractivity contribution in [3.05, 3.63) is 16.5 Å². The van der Waals surface area contributed by atoms with Crippen molar-refractivity contribution in [2.45, 2.75) is 45.6 Å². The molecule has 1 aromatic rings. The molecule has 6 nitrogen and oxygen atoms in total. The molecule has 2 heterocycles. The van der Waals surface area contributed by atoms with Crippen LogP contribution in [-0.2, 0) is 16.0 Å². The average molecular weight is 315 g/mol. The summed E-state index contributed by atoms with van der Waals surface area (Å²) in [6, 6.07) is -0.275. The molecule has 2 atom stereocenters. The van der Waals surface area contributed by atoms with Gasteiger partial charge in [0.2, 0.25) is 11.1 Å². The molecule has 21 heavy (non-hydrogen) atoms. The van der Waals surface area contributed by atoms with Crippen LogP contribution in [-0.4, -0.2) is 39.6 Å². The van der Waals surface area contributed by atoms with Crippen LogP contribution in [0.2, 0.25) is 5.22 Å². The van der Waals surface area contributed by atoms with Gasteiger partial charge in [-0.2, -0.15) is 0 Å². The Balaban J connectivity index is 1.98. The number of amides is 1. The fourth-order valence-electron chi connectivity index (χ4n) is 2.84. The maximum absolute atomic E-state index is 12.3. The van der Waals surface area contributed by atoms with Crippen molar-refractivity contribution in [1.82, 2.24) is 10.1 Å². The fourth-order valence-corrected chi connectivity index (χ4v) is 3.11. The quantitative estimate of drug-likeness (QED) is 0.921. The highest BCUT2D eigenvalue weighted by atomic mass is 35.5. The van der Waals surface area contributed by atoms with E-state index in [-0.39, 0.29) is 23.6 Å². The molecule has 1 aliphatic rings. The minimum Gasteiger partial charge on any atom is -0.481 e. The number of piperidine rings is 1. The van der Waals surface area contributed by atoms with E-state index in [9.17, 15) is 14.7 Å². The Kier molecular flexibility index (Phi) is 4.88. The van der Waals surface area contributed by atoms with E-state index in [1.165, 1.54) is 0 Å². The van der Waals surface area contributed by atoms with Crippen LogP contribution in [0.3, 0.4) is 0 Å². The van der Waals surface area contributed by atoms with Gasteiger partial charge in [-0.1, -0.05) is 5.16 Å². The number of rotatable bonds is 4. The van der Waals surface area contributed by atoms with Crippen LogP contribution < -0.4 is 0 Å². The SMILES string of the molecule is Cc1noc(Cl)c1CCC(=O)N1CCC[C@@H](C(=O)O)[C@H]1C. The van der Waals surface area contributed by atoms with Gasteiger partial charge in [0, 0.05) is 24.6 Å². The van der Waals surface area contributed by atoms with Crippen LogP contribution in [0, 0.1) is 12.8 Å². The predicted octanol–water partition coefficient (Wildman–Crippen LogP) is 2.28. The lowest BCUT2D eigenvalue weighted by atomic mass is 9.90. The molecule has 1 fully saturated rings. The Morgan fingerprint density at radius 2 is 2.24 bits per heavy atom. The minimum absolute atomic E-state index is 0.0508. The van der Waals surface area contributed by atoms with E-state index >= 15 is 0 Å². The topological polar surface area (TPSA) is 83.6 Å². The second kappa shape index (κ2) is 6.47. The Morgan fingerprint density at radius 1 is 1.52 bits per heavy atom. The van der Waals surface area contributed by atoms with Crippen LogP contribution in [0.4, 0.5) is 0 Å². The Hall–Kier alpha value is -1.56. The van der Waals surface area contributed by atoms with E-state index in [2.05, 4.69) is 5.16 Å². The van der Waals surface area contributed by atoms with Gasteiger partial charge in [-0.15, -0.1) is 0 Å². The highest BCUT2D eigenvalue weighted by Crippen LogP contribution is 2.26.